The highest BCUT2D eigenvalue weighted by atomic mass is 35.5. The molecular formula is C17H12ClNO3. The average molecular weight is 314 g/mol. The van der Waals surface area contributed by atoms with Gasteiger partial charge in [0.15, 0.2) is 11.2 Å². The van der Waals surface area contributed by atoms with Crippen molar-refractivity contribution in [2.75, 3.05) is 5.32 Å². The smallest absolute Gasteiger partial charge is 0.291 e. The van der Waals surface area contributed by atoms with Crippen molar-refractivity contribution in [2.45, 2.75) is 6.92 Å². The van der Waals surface area contributed by atoms with Crippen LogP contribution < -0.4 is 10.7 Å². The Bertz CT molecular complexity index is 931. The van der Waals surface area contributed by atoms with E-state index in [-0.39, 0.29) is 11.2 Å². The van der Waals surface area contributed by atoms with Gasteiger partial charge in [-0.15, -0.1) is 0 Å². The first-order chi connectivity index (χ1) is 10.5. The van der Waals surface area contributed by atoms with E-state index in [1.54, 1.807) is 18.2 Å². The van der Waals surface area contributed by atoms with Crippen LogP contribution in [0.3, 0.4) is 0 Å². The number of carbonyl (C=O) groups excluding carboxylic acids is 1. The maximum atomic E-state index is 12.2. The lowest BCUT2D eigenvalue weighted by Gasteiger charge is -2.06. The minimum absolute atomic E-state index is 0.0404. The predicted octanol–water partition coefficient (Wildman–Crippen LogP) is 4.01. The van der Waals surface area contributed by atoms with Crippen molar-refractivity contribution >= 4 is 34.2 Å². The summed E-state index contributed by atoms with van der Waals surface area (Å²) in [7, 11) is 0. The van der Waals surface area contributed by atoms with Gasteiger partial charge >= 0.3 is 0 Å². The summed E-state index contributed by atoms with van der Waals surface area (Å²) in [5.41, 5.74) is 1.68. The number of fused-ring (bicyclic) bond motifs is 1. The van der Waals surface area contributed by atoms with Crippen molar-refractivity contribution in [3.05, 3.63) is 75.1 Å². The first kappa shape index (κ1) is 14.4. The third-order valence-electron chi connectivity index (χ3n) is 3.19. The molecule has 0 radical (unpaired) electrons. The van der Waals surface area contributed by atoms with Crippen LogP contribution in [-0.2, 0) is 0 Å². The van der Waals surface area contributed by atoms with Crippen molar-refractivity contribution in [1.82, 2.24) is 0 Å². The van der Waals surface area contributed by atoms with Crippen molar-refractivity contribution in [2.24, 2.45) is 0 Å². The van der Waals surface area contributed by atoms with E-state index in [9.17, 15) is 9.59 Å². The van der Waals surface area contributed by atoms with Crippen molar-refractivity contribution in [3.63, 3.8) is 0 Å². The van der Waals surface area contributed by atoms with E-state index in [2.05, 4.69) is 5.32 Å². The molecule has 3 rings (SSSR count). The molecule has 0 aliphatic carbocycles. The van der Waals surface area contributed by atoms with Crippen LogP contribution in [0.4, 0.5) is 5.69 Å². The van der Waals surface area contributed by atoms with E-state index in [0.29, 0.717) is 21.7 Å². The first-order valence-electron chi connectivity index (χ1n) is 6.64. The fraction of sp³-hybridized carbons (Fsp3) is 0.0588. The minimum Gasteiger partial charge on any atom is -0.451 e. The number of rotatable bonds is 2. The highest BCUT2D eigenvalue weighted by Crippen LogP contribution is 2.18. The number of nitrogens with one attached hydrogen (secondary N) is 1. The fourth-order valence-electron chi connectivity index (χ4n) is 2.16. The van der Waals surface area contributed by atoms with Gasteiger partial charge in [-0.2, -0.15) is 0 Å². The third kappa shape index (κ3) is 2.87. The summed E-state index contributed by atoms with van der Waals surface area (Å²) in [5.74, 6) is -0.513. The van der Waals surface area contributed by atoms with Crippen LogP contribution in [0.15, 0.2) is 57.7 Å². The highest BCUT2D eigenvalue weighted by molar-refractivity contribution is 6.31. The molecule has 0 bridgehead atoms. The molecule has 2 aromatic carbocycles. The molecule has 0 unspecified atom stereocenters. The number of hydrogen-bond donors (Lipinski definition) is 1. The van der Waals surface area contributed by atoms with Crippen LogP contribution >= 0.6 is 11.6 Å². The maximum Gasteiger partial charge on any atom is 0.291 e. The lowest BCUT2D eigenvalue weighted by Crippen LogP contribution is -2.15. The van der Waals surface area contributed by atoms with Gasteiger partial charge < -0.3 is 9.73 Å². The maximum absolute atomic E-state index is 12.2. The molecule has 1 amide bonds. The summed E-state index contributed by atoms with van der Waals surface area (Å²) in [6, 6.07) is 13.2. The van der Waals surface area contributed by atoms with Crippen LogP contribution in [0.2, 0.25) is 5.02 Å². The molecule has 110 valence electrons. The van der Waals surface area contributed by atoms with Crippen molar-refractivity contribution in [3.8, 4) is 0 Å². The Kier molecular flexibility index (Phi) is 3.69. The predicted molar refractivity (Wildman–Crippen MR) is 86.6 cm³/mol. The van der Waals surface area contributed by atoms with Gasteiger partial charge in [0, 0.05) is 16.8 Å². The summed E-state index contributed by atoms with van der Waals surface area (Å²) >= 11 is 5.86. The Morgan fingerprint density at radius 2 is 1.95 bits per heavy atom. The average Bonchev–Trinajstić information content (AvgIpc) is 2.48. The lowest BCUT2D eigenvalue weighted by molar-refractivity contribution is 0.0997. The number of carbonyl (C=O) groups is 1. The molecule has 0 aliphatic heterocycles. The van der Waals surface area contributed by atoms with Gasteiger partial charge in [0.1, 0.15) is 5.58 Å². The largest absolute Gasteiger partial charge is 0.451 e. The SMILES string of the molecule is Cc1cccc(NC(=O)c2cc(=O)c3cc(Cl)ccc3o2)c1. The summed E-state index contributed by atoms with van der Waals surface area (Å²) in [6.07, 6.45) is 0. The minimum atomic E-state index is -0.473. The van der Waals surface area contributed by atoms with E-state index in [1.807, 2.05) is 25.1 Å². The second-order valence-corrected chi connectivity index (χ2v) is 5.38. The first-order valence-corrected chi connectivity index (χ1v) is 7.02. The van der Waals surface area contributed by atoms with Gasteiger partial charge in [-0.1, -0.05) is 23.7 Å². The number of anilines is 1. The molecule has 1 aromatic heterocycles. The van der Waals surface area contributed by atoms with Crippen LogP contribution in [0, 0.1) is 6.92 Å². The van der Waals surface area contributed by atoms with E-state index in [1.165, 1.54) is 12.1 Å². The normalized spacial score (nSPS) is 10.6. The van der Waals surface area contributed by atoms with E-state index in [4.69, 9.17) is 16.0 Å². The van der Waals surface area contributed by atoms with Crippen molar-refractivity contribution in [1.29, 1.82) is 0 Å². The lowest BCUT2D eigenvalue weighted by atomic mass is 10.2. The van der Waals surface area contributed by atoms with Crippen molar-refractivity contribution < 1.29 is 9.21 Å². The Morgan fingerprint density at radius 1 is 1.14 bits per heavy atom. The van der Waals surface area contributed by atoms with Gasteiger partial charge in [-0.05, 0) is 42.8 Å². The van der Waals surface area contributed by atoms with Gasteiger partial charge in [0.05, 0.1) is 5.39 Å². The van der Waals surface area contributed by atoms with E-state index >= 15 is 0 Å². The van der Waals surface area contributed by atoms with Crippen LogP contribution in [-0.4, -0.2) is 5.91 Å². The fourth-order valence-corrected chi connectivity index (χ4v) is 2.33. The number of hydrogen-bond acceptors (Lipinski definition) is 3. The molecule has 0 aliphatic rings. The number of halogens is 1. The molecule has 5 heteroatoms. The molecule has 0 fully saturated rings. The molecule has 3 aromatic rings. The zero-order chi connectivity index (χ0) is 15.7. The summed E-state index contributed by atoms with van der Waals surface area (Å²) in [6.45, 7) is 1.93. The number of amides is 1. The molecule has 0 saturated carbocycles. The molecule has 22 heavy (non-hydrogen) atoms. The highest BCUT2D eigenvalue weighted by Gasteiger charge is 2.13. The summed E-state index contributed by atoms with van der Waals surface area (Å²) < 4.78 is 5.49. The number of aryl methyl sites for hydroxylation is 1. The summed E-state index contributed by atoms with van der Waals surface area (Å²) in [4.78, 5) is 24.3. The third-order valence-corrected chi connectivity index (χ3v) is 3.42. The summed E-state index contributed by atoms with van der Waals surface area (Å²) in [5, 5.41) is 3.49. The van der Waals surface area contributed by atoms with Crippen LogP contribution in [0.5, 0.6) is 0 Å². The molecule has 0 saturated heterocycles. The Morgan fingerprint density at radius 3 is 2.73 bits per heavy atom. The monoisotopic (exact) mass is 313 g/mol. The molecule has 1 N–H and O–H groups in total. The zero-order valence-electron chi connectivity index (χ0n) is 11.7. The standard InChI is InChI=1S/C17H12ClNO3/c1-10-3-2-4-12(7-10)19-17(21)16-9-14(20)13-8-11(18)5-6-15(13)22-16/h2-9H,1H3,(H,19,21). The Labute approximate surface area is 131 Å². The Balaban J connectivity index is 1.98. The second kappa shape index (κ2) is 5.66. The Hall–Kier alpha value is -2.59. The second-order valence-electron chi connectivity index (χ2n) is 4.94. The van der Waals surface area contributed by atoms with Crippen LogP contribution in [0.25, 0.3) is 11.0 Å². The van der Waals surface area contributed by atoms with Crippen LogP contribution in [0.1, 0.15) is 16.1 Å². The van der Waals surface area contributed by atoms with E-state index < -0.39 is 5.91 Å². The quantitative estimate of drug-likeness (QED) is 0.777. The molecule has 1 heterocycles. The molecular weight excluding hydrogens is 302 g/mol. The molecule has 0 atom stereocenters. The van der Waals surface area contributed by atoms with Gasteiger partial charge in [-0.25, -0.2) is 0 Å². The van der Waals surface area contributed by atoms with E-state index in [0.717, 1.165) is 5.56 Å². The topological polar surface area (TPSA) is 59.3 Å². The zero-order valence-corrected chi connectivity index (χ0v) is 12.5. The van der Waals surface area contributed by atoms with Gasteiger partial charge in [-0.3, -0.25) is 9.59 Å². The molecule has 4 nitrogen and oxygen atoms in total. The number of benzene rings is 2. The van der Waals surface area contributed by atoms with Gasteiger partial charge in [0.2, 0.25) is 0 Å². The molecule has 0 spiro atoms. The van der Waals surface area contributed by atoms with Gasteiger partial charge in [0.25, 0.3) is 5.91 Å².